The molecule has 6 nitrogen and oxygen atoms in total. The molecule has 1 aromatic heterocycles. The van der Waals surface area contributed by atoms with Gasteiger partial charge in [-0.2, -0.15) is 0 Å². The van der Waals surface area contributed by atoms with Crippen LogP contribution in [0, 0.1) is 11.8 Å². The van der Waals surface area contributed by atoms with Crippen LogP contribution in [-0.4, -0.2) is 46.1 Å². The average Bonchev–Trinajstić information content (AvgIpc) is 3.03. The third kappa shape index (κ3) is 3.23. The fourth-order valence-corrected chi connectivity index (χ4v) is 6.13. The first-order chi connectivity index (χ1) is 14.0. The Morgan fingerprint density at radius 3 is 2.93 bits per heavy atom. The lowest BCUT2D eigenvalue weighted by molar-refractivity contribution is -0.142. The van der Waals surface area contributed by atoms with Crippen LogP contribution in [0.4, 0.5) is 0 Å². The van der Waals surface area contributed by atoms with Crippen LogP contribution < -0.4 is 4.74 Å². The Morgan fingerprint density at radius 2 is 2.14 bits per heavy atom. The highest BCUT2D eigenvalue weighted by Gasteiger charge is 2.48. The van der Waals surface area contributed by atoms with Crippen molar-refractivity contribution in [3.05, 3.63) is 29.5 Å². The minimum Gasteiger partial charge on any atom is -0.481 e. The first-order valence-corrected chi connectivity index (χ1v) is 10.8. The van der Waals surface area contributed by atoms with Crippen LogP contribution in [0.1, 0.15) is 56.2 Å². The van der Waals surface area contributed by atoms with E-state index in [-0.39, 0.29) is 12.8 Å². The Balaban J connectivity index is 1.46. The first kappa shape index (κ1) is 18.7. The number of H-pyrrole nitrogens is 1. The molecule has 0 radical (unpaired) electrons. The van der Waals surface area contributed by atoms with Gasteiger partial charge in [-0.3, -0.25) is 14.5 Å². The number of hydrogen-bond donors (Lipinski definition) is 2. The van der Waals surface area contributed by atoms with Gasteiger partial charge in [-0.25, -0.2) is 0 Å². The van der Waals surface area contributed by atoms with Gasteiger partial charge in [0.05, 0.1) is 12.8 Å². The molecule has 1 aromatic carbocycles. The summed E-state index contributed by atoms with van der Waals surface area (Å²) in [6.45, 7) is 4.67. The van der Waals surface area contributed by atoms with Crippen molar-refractivity contribution < 1.29 is 19.4 Å². The molecule has 29 heavy (non-hydrogen) atoms. The smallest absolute Gasteiger partial charge is 0.311 e. The number of carboxylic acid groups (broad SMARTS) is 1. The van der Waals surface area contributed by atoms with Crippen molar-refractivity contribution in [1.29, 1.82) is 0 Å². The third-order valence-electron chi connectivity index (χ3n) is 7.26. The quantitative estimate of drug-likeness (QED) is 0.595. The molecule has 4 bridgehead atoms. The van der Waals surface area contributed by atoms with Crippen molar-refractivity contribution in [3.63, 3.8) is 0 Å². The second-order valence-electron chi connectivity index (χ2n) is 8.94. The molecule has 1 saturated carbocycles. The van der Waals surface area contributed by atoms with Crippen LogP contribution in [0.3, 0.4) is 0 Å². The number of carbonyl (C=O) groups is 2. The Bertz CT molecular complexity index is 965. The van der Waals surface area contributed by atoms with Crippen molar-refractivity contribution in [2.45, 2.75) is 57.4 Å². The lowest BCUT2D eigenvalue weighted by Gasteiger charge is -2.53. The van der Waals surface area contributed by atoms with Crippen LogP contribution in [0.15, 0.2) is 18.2 Å². The van der Waals surface area contributed by atoms with Crippen molar-refractivity contribution in [2.24, 2.45) is 11.8 Å². The second-order valence-corrected chi connectivity index (χ2v) is 8.94. The fraction of sp³-hybridized carbons (Fsp3) is 0.565. The molecule has 2 N–H and O–H groups in total. The van der Waals surface area contributed by atoms with Gasteiger partial charge in [0.1, 0.15) is 5.75 Å². The number of aliphatic carboxylic acids is 1. The predicted molar refractivity (Wildman–Crippen MR) is 109 cm³/mol. The maximum absolute atomic E-state index is 11.9. The number of hydrogen-bond acceptors (Lipinski definition) is 4. The minimum atomic E-state index is -0.992. The number of benzene rings is 1. The van der Waals surface area contributed by atoms with Gasteiger partial charge in [-0.15, -0.1) is 0 Å². The van der Waals surface area contributed by atoms with E-state index < -0.39 is 11.9 Å². The molecule has 154 valence electrons. The van der Waals surface area contributed by atoms with Gasteiger partial charge in [0.2, 0.25) is 0 Å². The number of rotatable bonds is 5. The normalized spacial score (nSPS) is 30.0. The highest BCUT2D eigenvalue weighted by molar-refractivity contribution is 5.87. The Morgan fingerprint density at radius 1 is 1.28 bits per heavy atom. The van der Waals surface area contributed by atoms with Gasteiger partial charge in [0, 0.05) is 41.6 Å². The molecule has 2 aromatic rings. The molecule has 0 amide bonds. The number of esters is 1. The molecule has 3 aliphatic heterocycles. The van der Waals surface area contributed by atoms with Gasteiger partial charge in [-0.1, -0.05) is 13.3 Å². The topological polar surface area (TPSA) is 82.6 Å². The highest BCUT2D eigenvalue weighted by atomic mass is 16.5. The molecular formula is C23H28N2O4. The van der Waals surface area contributed by atoms with Crippen LogP contribution >= 0.6 is 0 Å². The molecule has 0 spiro atoms. The van der Waals surface area contributed by atoms with E-state index in [1.54, 1.807) is 6.07 Å². The Labute approximate surface area is 170 Å². The van der Waals surface area contributed by atoms with Crippen molar-refractivity contribution in [1.82, 2.24) is 9.88 Å². The average molecular weight is 396 g/mol. The first-order valence-electron chi connectivity index (χ1n) is 10.8. The Hall–Kier alpha value is -2.34. The summed E-state index contributed by atoms with van der Waals surface area (Å²) < 4.78 is 5.41. The second kappa shape index (κ2) is 7.17. The van der Waals surface area contributed by atoms with Gasteiger partial charge in [-0.05, 0) is 54.9 Å². The summed E-state index contributed by atoms with van der Waals surface area (Å²) in [5, 5.41) is 9.88. The third-order valence-corrected chi connectivity index (χ3v) is 7.26. The van der Waals surface area contributed by atoms with E-state index >= 15 is 0 Å². The maximum atomic E-state index is 11.9. The summed E-state index contributed by atoms with van der Waals surface area (Å²) in [4.78, 5) is 29.0. The van der Waals surface area contributed by atoms with E-state index in [4.69, 9.17) is 9.84 Å². The molecule has 6 heteroatoms. The zero-order chi connectivity index (χ0) is 20.1. The molecule has 4 heterocycles. The summed E-state index contributed by atoms with van der Waals surface area (Å²) in [7, 11) is 0. The van der Waals surface area contributed by atoms with Gasteiger partial charge < -0.3 is 14.8 Å². The molecule has 3 fully saturated rings. The van der Waals surface area contributed by atoms with E-state index in [0.29, 0.717) is 17.7 Å². The summed E-state index contributed by atoms with van der Waals surface area (Å²) in [5.41, 5.74) is 3.87. The molecule has 5 atom stereocenters. The molecular weight excluding hydrogens is 368 g/mol. The highest BCUT2D eigenvalue weighted by Crippen LogP contribution is 2.51. The minimum absolute atomic E-state index is 0.114. The number of aromatic amines is 1. The van der Waals surface area contributed by atoms with E-state index in [9.17, 15) is 9.59 Å². The summed E-state index contributed by atoms with van der Waals surface area (Å²) in [6, 6.07) is 6.38. The number of carbonyl (C=O) groups excluding carboxylic acids is 1. The largest absolute Gasteiger partial charge is 0.481 e. The monoisotopic (exact) mass is 396 g/mol. The molecule has 4 aliphatic rings. The number of piperidine rings is 2. The van der Waals surface area contributed by atoms with Crippen molar-refractivity contribution in [3.8, 4) is 5.75 Å². The van der Waals surface area contributed by atoms with E-state index in [1.165, 1.54) is 37.1 Å². The van der Waals surface area contributed by atoms with Crippen LogP contribution in [0.25, 0.3) is 10.9 Å². The number of nitrogens with zero attached hydrogens (tertiary/aromatic N) is 1. The van der Waals surface area contributed by atoms with Crippen LogP contribution in [0.2, 0.25) is 0 Å². The van der Waals surface area contributed by atoms with Gasteiger partial charge in [0.15, 0.2) is 0 Å². The van der Waals surface area contributed by atoms with E-state index in [0.717, 1.165) is 35.7 Å². The SMILES string of the molecule is CC[C@H]1C[C@@H]2C[C@H]3c4[nH]c5ccc(OC(=O)CCC(=O)O)cc5c4CCN(C2)[C@@H]13. The maximum Gasteiger partial charge on any atom is 0.311 e. The lowest BCUT2D eigenvalue weighted by atomic mass is 9.65. The zero-order valence-corrected chi connectivity index (χ0v) is 16.8. The van der Waals surface area contributed by atoms with E-state index in [2.05, 4.69) is 16.8 Å². The van der Waals surface area contributed by atoms with Crippen molar-refractivity contribution >= 4 is 22.8 Å². The fourth-order valence-electron chi connectivity index (χ4n) is 6.13. The molecule has 2 saturated heterocycles. The van der Waals surface area contributed by atoms with Crippen LogP contribution in [-0.2, 0) is 16.0 Å². The summed E-state index contributed by atoms with van der Waals surface area (Å²) >= 11 is 0. The van der Waals surface area contributed by atoms with Crippen LogP contribution in [0.5, 0.6) is 5.75 Å². The molecule has 1 aliphatic carbocycles. The summed E-state index contributed by atoms with van der Waals surface area (Å²) in [6.07, 6.45) is 4.59. The number of fused-ring (bicyclic) bond motifs is 4. The van der Waals surface area contributed by atoms with Gasteiger partial charge >= 0.3 is 11.9 Å². The number of carboxylic acids is 1. The number of nitrogens with one attached hydrogen (secondary N) is 1. The number of aromatic nitrogens is 1. The molecule has 6 rings (SSSR count). The summed E-state index contributed by atoms with van der Waals surface area (Å²) in [5.74, 6) is 1.16. The number of ether oxygens (including phenoxy) is 1. The standard InChI is InChI=1S/C23H28N2O4/c1-2-14-9-13-10-18-22-16(7-8-25(12-13)23(14)18)17-11-15(3-4-19(17)24-22)29-21(28)6-5-20(26)27/h3-4,11,13-14,18,23-24H,2,5-10,12H2,1H3,(H,26,27)/t13-,14+,18+,23+/m1/s1. The lowest BCUT2D eigenvalue weighted by Crippen LogP contribution is -2.56. The predicted octanol–water partition coefficient (Wildman–Crippen LogP) is 3.70. The van der Waals surface area contributed by atoms with E-state index in [1.807, 2.05) is 12.1 Å². The van der Waals surface area contributed by atoms with Gasteiger partial charge in [0.25, 0.3) is 0 Å². The zero-order valence-electron chi connectivity index (χ0n) is 16.8. The van der Waals surface area contributed by atoms with Crippen molar-refractivity contribution in [2.75, 3.05) is 13.1 Å². The molecule has 1 unspecified atom stereocenters. The Kier molecular flexibility index (Phi) is 4.62.